The summed E-state index contributed by atoms with van der Waals surface area (Å²) in [6, 6.07) is 20.0. The number of nitrogens with one attached hydrogen (secondary N) is 1. The van der Waals surface area contributed by atoms with E-state index in [9.17, 15) is 22.4 Å². The highest BCUT2D eigenvalue weighted by Crippen LogP contribution is 2.24. The summed E-state index contributed by atoms with van der Waals surface area (Å²) in [5.41, 5.74) is 0.909. The van der Waals surface area contributed by atoms with E-state index in [4.69, 9.17) is 11.6 Å². The minimum Gasteiger partial charge on any atom is -0.350 e. The van der Waals surface area contributed by atoms with Gasteiger partial charge in [0.2, 0.25) is 11.8 Å². The quantitative estimate of drug-likeness (QED) is 0.346. The van der Waals surface area contributed by atoms with Crippen molar-refractivity contribution in [1.82, 2.24) is 14.5 Å². The topological polar surface area (TPSA) is 90.0 Å². The molecule has 0 saturated heterocycles. The highest BCUT2D eigenvalue weighted by atomic mass is 35.5. The second kappa shape index (κ2) is 13.5. The van der Waals surface area contributed by atoms with Crippen LogP contribution in [-0.4, -0.2) is 61.7 Å². The van der Waals surface area contributed by atoms with Crippen molar-refractivity contribution in [3.63, 3.8) is 0 Å². The second-order valence-electron chi connectivity index (χ2n) is 10.8. The Labute approximate surface area is 246 Å². The molecule has 0 bridgehead atoms. The first-order valence-electron chi connectivity index (χ1n) is 13.0. The molecule has 1 atom stereocenters. The van der Waals surface area contributed by atoms with Crippen LogP contribution in [0.1, 0.15) is 31.9 Å². The van der Waals surface area contributed by atoms with Crippen molar-refractivity contribution in [3.8, 4) is 0 Å². The molecule has 0 spiro atoms. The van der Waals surface area contributed by atoms with Gasteiger partial charge in [0.05, 0.1) is 5.69 Å². The first-order valence-corrected chi connectivity index (χ1v) is 14.8. The van der Waals surface area contributed by atoms with Crippen LogP contribution < -0.4 is 9.62 Å². The highest BCUT2D eigenvalue weighted by molar-refractivity contribution is 7.90. The summed E-state index contributed by atoms with van der Waals surface area (Å²) in [6.45, 7) is 4.83. The Kier molecular flexibility index (Phi) is 10.5. The van der Waals surface area contributed by atoms with Crippen LogP contribution in [-0.2, 0) is 32.8 Å². The third-order valence-corrected chi connectivity index (χ3v) is 8.39. The first kappa shape index (κ1) is 32.0. The molecule has 3 aromatic carbocycles. The van der Waals surface area contributed by atoms with Crippen LogP contribution in [0.25, 0.3) is 0 Å². The summed E-state index contributed by atoms with van der Waals surface area (Å²) < 4.78 is 42.3. The molecule has 11 heteroatoms. The summed E-state index contributed by atoms with van der Waals surface area (Å²) in [6.07, 6.45) is 0.177. The minimum atomic E-state index is -4.18. The van der Waals surface area contributed by atoms with E-state index in [0.717, 1.165) is 26.3 Å². The molecular weight excluding hydrogens is 567 g/mol. The van der Waals surface area contributed by atoms with E-state index < -0.39 is 46.0 Å². The average molecular weight is 603 g/mol. The van der Waals surface area contributed by atoms with Crippen molar-refractivity contribution >= 4 is 39.3 Å². The Morgan fingerprint density at radius 1 is 0.927 bits per heavy atom. The van der Waals surface area contributed by atoms with Gasteiger partial charge in [-0.3, -0.25) is 9.59 Å². The zero-order chi connectivity index (χ0) is 30.4. The standard InChI is InChI=1S/C30H36ClFN4O4S/c1-30(2,3)33-29(38)27(19-22-11-7-6-8-12-22)35(20-23-13-9-10-14-26(23)31)28(37)21-36(41(39,40)34(4)5)25-17-15-24(32)16-18-25/h6-18,27H,19-21H2,1-5H3,(H,33,38). The molecule has 0 aliphatic carbocycles. The lowest BCUT2D eigenvalue weighted by atomic mass is 10.0. The summed E-state index contributed by atoms with van der Waals surface area (Å²) in [5.74, 6) is -1.58. The van der Waals surface area contributed by atoms with Gasteiger partial charge < -0.3 is 10.2 Å². The number of carbonyl (C=O) groups is 2. The summed E-state index contributed by atoms with van der Waals surface area (Å²) in [5, 5.41) is 3.37. The van der Waals surface area contributed by atoms with E-state index in [-0.39, 0.29) is 18.7 Å². The van der Waals surface area contributed by atoms with Crippen LogP contribution >= 0.6 is 11.6 Å². The number of nitrogens with zero attached hydrogens (tertiary/aromatic N) is 3. The first-order chi connectivity index (χ1) is 19.2. The number of amides is 2. The number of hydrogen-bond acceptors (Lipinski definition) is 4. The lowest BCUT2D eigenvalue weighted by molar-refractivity contribution is -0.140. The van der Waals surface area contributed by atoms with E-state index in [1.165, 1.54) is 31.1 Å². The molecular formula is C30H36ClFN4O4S. The van der Waals surface area contributed by atoms with Crippen LogP contribution in [0.5, 0.6) is 0 Å². The van der Waals surface area contributed by atoms with Crippen molar-refractivity contribution in [2.24, 2.45) is 0 Å². The third kappa shape index (κ3) is 8.76. The lowest BCUT2D eigenvalue weighted by Gasteiger charge is -2.36. The Morgan fingerprint density at radius 3 is 2.07 bits per heavy atom. The maximum atomic E-state index is 14.2. The molecule has 0 aromatic heterocycles. The smallest absolute Gasteiger partial charge is 0.304 e. The molecule has 2 amide bonds. The van der Waals surface area contributed by atoms with Crippen LogP contribution in [0, 0.1) is 5.82 Å². The zero-order valence-electron chi connectivity index (χ0n) is 23.8. The fourth-order valence-electron chi connectivity index (χ4n) is 4.14. The van der Waals surface area contributed by atoms with Crippen molar-refractivity contribution < 1.29 is 22.4 Å². The largest absolute Gasteiger partial charge is 0.350 e. The Bertz CT molecular complexity index is 1450. The molecule has 1 unspecified atom stereocenters. The maximum Gasteiger partial charge on any atom is 0.304 e. The van der Waals surface area contributed by atoms with Gasteiger partial charge in [0.25, 0.3) is 0 Å². The summed E-state index contributed by atoms with van der Waals surface area (Å²) in [7, 11) is -1.50. The number of halogens is 2. The molecule has 0 heterocycles. The van der Waals surface area contributed by atoms with Gasteiger partial charge in [-0.15, -0.1) is 0 Å². The molecule has 0 saturated carbocycles. The number of benzene rings is 3. The summed E-state index contributed by atoms with van der Waals surface area (Å²) >= 11 is 6.47. The van der Waals surface area contributed by atoms with Gasteiger partial charge in [0, 0.05) is 37.6 Å². The van der Waals surface area contributed by atoms with Crippen LogP contribution in [0.15, 0.2) is 78.9 Å². The van der Waals surface area contributed by atoms with Gasteiger partial charge in [-0.2, -0.15) is 12.7 Å². The van der Waals surface area contributed by atoms with Crippen molar-refractivity contribution in [2.45, 2.75) is 45.3 Å². The van der Waals surface area contributed by atoms with Gasteiger partial charge >= 0.3 is 10.2 Å². The molecule has 41 heavy (non-hydrogen) atoms. The Balaban J connectivity index is 2.12. The number of hydrogen-bond donors (Lipinski definition) is 1. The van der Waals surface area contributed by atoms with E-state index >= 15 is 0 Å². The molecule has 0 aliphatic rings. The van der Waals surface area contributed by atoms with Crippen LogP contribution in [0.4, 0.5) is 10.1 Å². The van der Waals surface area contributed by atoms with E-state index in [1.807, 2.05) is 51.1 Å². The second-order valence-corrected chi connectivity index (χ2v) is 13.3. The van der Waals surface area contributed by atoms with Crippen LogP contribution in [0.3, 0.4) is 0 Å². The molecule has 0 aliphatic heterocycles. The monoisotopic (exact) mass is 602 g/mol. The highest BCUT2D eigenvalue weighted by Gasteiger charge is 2.36. The summed E-state index contributed by atoms with van der Waals surface area (Å²) in [4.78, 5) is 29.3. The predicted molar refractivity (Wildman–Crippen MR) is 160 cm³/mol. The maximum absolute atomic E-state index is 14.2. The molecule has 0 radical (unpaired) electrons. The molecule has 8 nitrogen and oxygen atoms in total. The number of carbonyl (C=O) groups excluding carboxylic acids is 2. The molecule has 1 N–H and O–H groups in total. The van der Waals surface area contributed by atoms with E-state index in [0.29, 0.717) is 10.6 Å². The van der Waals surface area contributed by atoms with Crippen molar-refractivity contribution in [2.75, 3.05) is 24.9 Å². The van der Waals surface area contributed by atoms with E-state index in [1.54, 1.807) is 24.3 Å². The average Bonchev–Trinajstić information content (AvgIpc) is 2.90. The fraction of sp³-hybridized carbons (Fsp3) is 0.333. The molecule has 3 rings (SSSR count). The SMILES string of the molecule is CN(C)S(=O)(=O)N(CC(=O)N(Cc1ccccc1Cl)C(Cc1ccccc1)C(=O)NC(C)(C)C)c1ccc(F)cc1. The van der Waals surface area contributed by atoms with E-state index in [2.05, 4.69) is 5.32 Å². The fourth-order valence-corrected chi connectivity index (χ4v) is 5.39. The van der Waals surface area contributed by atoms with Gasteiger partial charge in [0.15, 0.2) is 0 Å². The molecule has 220 valence electrons. The van der Waals surface area contributed by atoms with Crippen molar-refractivity contribution in [1.29, 1.82) is 0 Å². The minimum absolute atomic E-state index is 0.0488. The van der Waals surface area contributed by atoms with Crippen LogP contribution in [0.2, 0.25) is 5.02 Å². The Hall–Kier alpha value is -3.47. The Morgan fingerprint density at radius 2 is 1.51 bits per heavy atom. The lowest BCUT2D eigenvalue weighted by Crippen LogP contribution is -2.56. The molecule has 3 aromatic rings. The third-order valence-electron chi connectivity index (χ3n) is 6.20. The van der Waals surface area contributed by atoms with Crippen molar-refractivity contribution in [3.05, 3.63) is 101 Å². The van der Waals surface area contributed by atoms with Gasteiger partial charge in [0.1, 0.15) is 18.4 Å². The number of anilines is 1. The van der Waals surface area contributed by atoms with Gasteiger partial charge in [-0.05, 0) is 62.2 Å². The van der Waals surface area contributed by atoms with Gasteiger partial charge in [-0.1, -0.05) is 60.1 Å². The number of rotatable bonds is 11. The normalized spacial score (nSPS) is 12.6. The van der Waals surface area contributed by atoms with Gasteiger partial charge in [-0.25, -0.2) is 8.70 Å². The molecule has 0 fully saturated rings. The zero-order valence-corrected chi connectivity index (χ0v) is 25.4. The predicted octanol–water partition coefficient (Wildman–Crippen LogP) is 4.65.